The molecular formula is C33H22BN3. The molecular weight excluding hydrogens is 449 g/mol. The molecule has 1 heterocycles. The second-order valence-corrected chi connectivity index (χ2v) is 8.82. The summed E-state index contributed by atoms with van der Waals surface area (Å²) in [7, 11) is 5.94. The van der Waals surface area contributed by atoms with E-state index in [1.807, 2.05) is 84.9 Å². The Kier molecular flexibility index (Phi) is 6.14. The smallest absolute Gasteiger partial charge is 0.164 e. The van der Waals surface area contributed by atoms with Crippen molar-refractivity contribution in [2.24, 2.45) is 0 Å². The van der Waals surface area contributed by atoms with Gasteiger partial charge in [-0.1, -0.05) is 127 Å². The van der Waals surface area contributed by atoms with Crippen molar-refractivity contribution in [3.63, 3.8) is 0 Å². The molecule has 0 N–H and O–H groups in total. The summed E-state index contributed by atoms with van der Waals surface area (Å²) in [4.78, 5) is 14.7. The van der Waals surface area contributed by atoms with Gasteiger partial charge < -0.3 is 0 Å². The van der Waals surface area contributed by atoms with Crippen molar-refractivity contribution in [3.8, 4) is 56.4 Å². The average molecular weight is 471 g/mol. The molecule has 0 aliphatic rings. The summed E-state index contributed by atoms with van der Waals surface area (Å²) in [6.07, 6.45) is 0. The van der Waals surface area contributed by atoms with Crippen LogP contribution in [0.4, 0.5) is 0 Å². The number of hydrogen-bond acceptors (Lipinski definition) is 3. The van der Waals surface area contributed by atoms with Crippen molar-refractivity contribution in [3.05, 3.63) is 133 Å². The van der Waals surface area contributed by atoms with Gasteiger partial charge in [-0.05, 0) is 34.4 Å². The molecule has 0 saturated heterocycles. The molecule has 6 rings (SSSR count). The topological polar surface area (TPSA) is 38.7 Å². The molecule has 2 radical (unpaired) electrons. The van der Waals surface area contributed by atoms with Crippen LogP contribution in [0.5, 0.6) is 0 Å². The van der Waals surface area contributed by atoms with E-state index in [0.29, 0.717) is 22.9 Å². The first-order valence-electron chi connectivity index (χ1n) is 12.2. The van der Waals surface area contributed by atoms with E-state index in [4.69, 9.17) is 22.8 Å². The van der Waals surface area contributed by atoms with Crippen LogP contribution in [-0.2, 0) is 0 Å². The van der Waals surface area contributed by atoms with Gasteiger partial charge in [-0.15, -0.1) is 0 Å². The summed E-state index contributed by atoms with van der Waals surface area (Å²) in [5.74, 6) is 1.86. The fourth-order valence-corrected chi connectivity index (χ4v) is 4.33. The normalized spacial score (nSPS) is 10.8. The first-order valence-corrected chi connectivity index (χ1v) is 12.2. The molecule has 5 aromatic carbocycles. The van der Waals surface area contributed by atoms with E-state index in [-0.39, 0.29) is 0 Å². The first kappa shape index (κ1) is 22.6. The van der Waals surface area contributed by atoms with E-state index in [2.05, 4.69) is 48.5 Å². The quantitative estimate of drug-likeness (QED) is 0.254. The van der Waals surface area contributed by atoms with E-state index in [9.17, 15) is 0 Å². The third kappa shape index (κ3) is 4.96. The molecule has 3 nitrogen and oxygen atoms in total. The maximum Gasteiger partial charge on any atom is 0.164 e. The van der Waals surface area contributed by atoms with Crippen LogP contribution in [0.2, 0.25) is 0 Å². The van der Waals surface area contributed by atoms with Gasteiger partial charge in [0.2, 0.25) is 0 Å². The van der Waals surface area contributed by atoms with E-state index >= 15 is 0 Å². The Morgan fingerprint density at radius 1 is 0.324 bits per heavy atom. The molecule has 0 unspecified atom stereocenters. The van der Waals surface area contributed by atoms with Crippen molar-refractivity contribution in [2.75, 3.05) is 0 Å². The fourth-order valence-electron chi connectivity index (χ4n) is 4.33. The number of benzene rings is 5. The number of hydrogen-bond donors (Lipinski definition) is 0. The highest BCUT2D eigenvalue weighted by Crippen LogP contribution is 2.29. The molecule has 0 spiro atoms. The van der Waals surface area contributed by atoms with Crippen LogP contribution in [0.15, 0.2) is 133 Å². The summed E-state index contributed by atoms with van der Waals surface area (Å²) < 4.78 is 0. The summed E-state index contributed by atoms with van der Waals surface area (Å²) >= 11 is 0. The molecule has 1 aromatic heterocycles. The highest BCUT2D eigenvalue weighted by molar-refractivity contribution is 6.32. The molecule has 0 saturated carbocycles. The highest BCUT2D eigenvalue weighted by Gasteiger charge is 2.13. The Bertz CT molecular complexity index is 1560. The minimum Gasteiger partial charge on any atom is -0.208 e. The van der Waals surface area contributed by atoms with Crippen molar-refractivity contribution in [1.82, 2.24) is 15.0 Å². The zero-order valence-corrected chi connectivity index (χ0v) is 20.1. The van der Waals surface area contributed by atoms with E-state index < -0.39 is 0 Å². The molecule has 0 fully saturated rings. The first-order chi connectivity index (χ1) is 18.2. The third-order valence-corrected chi connectivity index (χ3v) is 6.26. The molecule has 0 amide bonds. The Morgan fingerprint density at radius 2 is 0.703 bits per heavy atom. The molecule has 172 valence electrons. The van der Waals surface area contributed by atoms with Crippen molar-refractivity contribution >= 4 is 13.3 Å². The lowest BCUT2D eigenvalue weighted by Crippen LogP contribution is -2.03. The van der Waals surface area contributed by atoms with Gasteiger partial charge in [-0.3, -0.25) is 0 Å². The van der Waals surface area contributed by atoms with E-state index in [1.165, 1.54) is 0 Å². The van der Waals surface area contributed by atoms with Gasteiger partial charge in [-0.2, -0.15) is 0 Å². The summed E-state index contributed by atoms with van der Waals surface area (Å²) in [5.41, 5.74) is 7.96. The summed E-state index contributed by atoms with van der Waals surface area (Å²) in [5, 5.41) is 0. The third-order valence-electron chi connectivity index (χ3n) is 6.26. The molecule has 4 heteroatoms. The lowest BCUT2D eigenvalue weighted by Gasteiger charge is -2.11. The maximum absolute atomic E-state index is 5.94. The fraction of sp³-hybridized carbons (Fsp3) is 0. The van der Waals surface area contributed by atoms with Gasteiger partial charge in [-0.25, -0.2) is 15.0 Å². The Balaban J connectivity index is 1.50. The second-order valence-electron chi connectivity index (χ2n) is 8.82. The van der Waals surface area contributed by atoms with Crippen LogP contribution >= 0.6 is 0 Å². The summed E-state index contributed by atoms with van der Waals surface area (Å²) in [6, 6.07) is 44.9. The van der Waals surface area contributed by atoms with E-state index in [1.54, 1.807) is 0 Å². The number of nitrogens with zero attached hydrogens (tertiary/aromatic N) is 3. The molecule has 37 heavy (non-hydrogen) atoms. The average Bonchev–Trinajstić information content (AvgIpc) is 2.98. The second kappa shape index (κ2) is 10.0. The van der Waals surface area contributed by atoms with Crippen molar-refractivity contribution < 1.29 is 0 Å². The van der Waals surface area contributed by atoms with Gasteiger partial charge in [0.05, 0.1) is 0 Å². The van der Waals surface area contributed by atoms with Gasteiger partial charge in [0, 0.05) is 16.7 Å². The lowest BCUT2D eigenvalue weighted by atomic mass is 9.95. The van der Waals surface area contributed by atoms with E-state index in [0.717, 1.165) is 38.9 Å². The van der Waals surface area contributed by atoms with Crippen LogP contribution in [0.1, 0.15) is 0 Å². The monoisotopic (exact) mass is 471 g/mol. The zero-order chi connectivity index (χ0) is 25.0. The lowest BCUT2D eigenvalue weighted by molar-refractivity contribution is 1.07. The standard InChI is InChI=1S/C33H22BN3/c34-30-19-17-25(18-20-30)31-35-32(28-15-7-13-26(21-28)23-9-3-1-4-10-23)37-33(36-31)29-16-8-14-27(22-29)24-11-5-2-6-12-24/h1-22H. The Morgan fingerprint density at radius 3 is 1.16 bits per heavy atom. The Hall–Kier alpha value is -4.83. The van der Waals surface area contributed by atoms with Gasteiger partial charge in [0.25, 0.3) is 0 Å². The van der Waals surface area contributed by atoms with Crippen molar-refractivity contribution in [2.45, 2.75) is 0 Å². The van der Waals surface area contributed by atoms with Gasteiger partial charge >= 0.3 is 0 Å². The summed E-state index contributed by atoms with van der Waals surface area (Å²) in [6.45, 7) is 0. The van der Waals surface area contributed by atoms with Crippen LogP contribution in [0.3, 0.4) is 0 Å². The number of aromatic nitrogens is 3. The minimum atomic E-state index is 0.607. The van der Waals surface area contributed by atoms with Gasteiger partial charge in [0.15, 0.2) is 17.5 Å². The maximum atomic E-state index is 5.94. The predicted molar refractivity (Wildman–Crippen MR) is 152 cm³/mol. The molecule has 0 atom stereocenters. The predicted octanol–water partition coefficient (Wildman–Crippen LogP) is 7.00. The van der Waals surface area contributed by atoms with Crippen LogP contribution in [0.25, 0.3) is 56.4 Å². The molecule has 0 aliphatic heterocycles. The van der Waals surface area contributed by atoms with Gasteiger partial charge in [0.1, 0.15) is 7.85 Å². The van der Waals surface area contributed by atoms with Crippen LogP contribution in [-0.4, -0.2) is 22.8 Å². The number of rotatable bonds is 5. The van der Waals surface area contributed by atoms with Crippen LogP contribution < -0.4 is 5.46 Å². The SMILES string of the molecule is [B]c1ccc(-c2nc(-c3cccc(-c4ccccc4)c3)nc(-c3cccc(-c4ccccc4)c3)n2)cc1. The zero-order valence-electron chi connectivity index (χ0n) is 20.1. The van der Waals surface area contributed by atoms with Crippen LogP contribution in [0, 0.1) is 0 Å². The molecule has 6 aromatic rings. The largest absolute Gasteiger partial charge is 0.208 e. The highest BCUT2D eigenvalue weighted by atomic mass is 15.0. The molecule has 0 aliphatic carbocycles. The Labute approximate surface area is 218 Å². The van der Waals surface area contributed by atoms with Crippen molar-refractivity contribution in [1.29, 1.82) is 0 Å². The molecule has 0 bridgehead atoms. The minimum absolute atomic E-state index is 0.607.